The molecule has 0 aromatic heterocycles. The van der Waals surface area contributed by atoms with E-state index in [1.54, 1.807) is 0 Å². The highest BCUT2D eigenvalue weighted by Gasteiger charge is 2.35. The highest BCUT2D eigenvalue weighted by molar-refractivity contribution is 5.84. The zero-order valence-corrected chi connectivity index (χ0v) is 18.5. The number of halogens is 2. The Kier molecular flexibility index (Phi) is 7.09. The second kappa shape index (κ2) is 10.2. The van der Waals surface area contributed by atoms with Crippen LogP contribution in [-0.4, -0.2) is 59.6 Å². The van der Waals surface area contributed by atoms with E-state index in [1.165, 1.54) is 0 Å². The number of ether oxygens (including phenoxy) is 1. The molecule has 1 saturated heterocycles. The van der Waals surface area contributed by atoms with Gasteiger partial charge in [-0.3, -0.25) is 4.79 Å². The summed E-state index contributed by atoms with van der Waals surface area (Å²) in [5.74, 6) is -2.11. The third-order valence-corrected chi connectivity index (χ3v) is 6.45. The lowest BCUT2D eigenvalue weighted by Crippen LogP contribution is -2.51. The number of hydrogen-bond acceptors (Lipinski definition) is 4. The minimum atomic E-state index is -3.02. The number of carboxylic acids is 1. The van der Waals surface area contributed by atoms with Gasteiger partial charge in [-0.05, 0) is 41.5 Å². The highest BCUT2D eigenvalue weighted by Crippen LogP contribution is 2.44. The second-order valence-electron chi connectivity index (χ2n) is 8.55. The number of amides is 2. The number of nitrogens with one attached hydrogen (secondary N) is 1. The van der Waals surface area contributed by atoms with Crippen LogP contribution in [0.5, 0.6) is 0 Å². The van der Waals surface area contributed by atoms with E-state index < -0.39 is 42.9 Å². The predicted molar refractivity (Wildman–Crippen MR) is 120 cm³/mol. The standard InChI is InChI=1S/C25H26F2N2O5/c26-23(27)20(13-22(30)29-12-6-5-11-21(29)24(31)32)28-25(33)34-14-19-17-9-3-1-7-15(17)16-8-2-4-10-18(16)19/h1-4,7-10,19-21,23H,5-6,11-14H2,(H,28,33)(H,31,32)/t20?,21-/m0/s1. The number of likely N-dealkylation sites (tertiary alicyclic amines) is 1. The number of carbonyl (C=O) groups excluding carboxylic acids is 2. The Morgan fingerprint density at radius 1 is 1.03 bits per heavy atom. The molecule has 2 aromatic carbocycles. The molecule has 1 fully saturated rings. The molecule has 2 N–H and O–H groups in total. The van der Waals surface area contributed by atoms with Gasteiger partial charge in [0.05, 0.1) is 6.42 Å². The first kappa shape index (κ1) is 23.7. The first-order chi connectivity index (χ1) is 16.4. The number of alkyl halides is 2. The number of carboxylic acid groups (broad SMARTS) is 1. The van der Waals surface area contributed by atoms with Crippen molar-refractivity contribution in [1.29, 1.82) is 0 Å². The van der Waals surface area contributed by atoms with Crippen molar-refractivity contribution >= 4 is 18.0 Å². The molecule has 7 nitrogen and oxygen atoms in total. The Balaban J connectivity index is 1.38. The molecule has 1 unspecified atom stereocenters. The van der Waals surface area contributed by atoms with Crippen molar-refractivity contribution in [3.63, 3.8) is 0 Å². The maximum Gasteiger partial charge on any atom is 0.407 e. The molecule has 1 aliphatic carbocycles. The van der Waals surface area contributed by atoms with Crippen molar-refractivity contribution in [2.45, 2.75) is 50.1 Å². The van der Waals surface area contributed by atoms with Crippen LogP contribution in [-0.2, 0) is 14.3 Å². The lowest BCUT2D eigenvalue weighted by atomic mass is 9.98. The van der Waals surface area contributed by atoms with Crippen LogP contribution < -0.4 is 5.32 Å². The minimum Gasteiger partial charge on any atom is -0.480 e. The molecule has 9 heteroatoms. The molecule has 0 saturated carbocycles. The summed E-state index contributed by atoms with van der Waals surface area (Å²) in [5.41, 5.74) is 4.05. The van der Waals surface area contributed by atoms with Gasteiger partial charge in [-0.25, -0.2) is 18.4 Å². The highest BCUT2D eigenvalue weighted by atomic mass is 19.3. The van der Waals surface area contributed by atoms with Crippen LogP contribution in [0.25, 0.3) is 11.1 Å². The number of piperidine rings is 1. The quantitative estimate of drug-likeness (QED) is 0.635. The Morgan fingerprint density at radius 2 is 1.65 bits per heavy atom. The summed E-state index contributed by atoms with van der Waals surface area (Å²) in [4.78, 5) is 37.5. The first-order valence-corrected chi connectivity index (χ1v) is 11.3. The van der Waals surface area contributed by atoms with Gasteiger partial charge in [0.25, 0.3) is 6.43 Å². The van der Waals surface area contributed by atoms with E-state index in [2.05, 4.69) is 5.32 Å². The molecule has 1 heterocycles. The summed E-state index contributed by atoms with van der Waals surface area (Å²) in [6.07, 6.45) is -3.23. The lowest BCUT2D eigenvalue weighted by molar-refractivity contribution is -0.152. The fraction of sp³-hybridized carbons (Fsp3) is 0.400. The van der Waals surface area contributed by atoms with Crippen molar-refractivity contribution in [2.24, 2.45) is 0 Å². The van der Waals surface area contributed by atoms with Gasteiger partial charge in [-0.1, -0.05) is 48.5 Å². The molecule has 34 heavy (non-hydrogen) atoms. The van der Waals surface area contributed by atoms with E-state index in [1.807, 2.05) is 48.5 Å². The Labute approximate surface area is 195 Å². The van der Waals surface area contributed by atoms with E-state index in [-0.39, 0.29) is 25.5 Å². The maximum absolute atomic E-state index is 13.6. The monoisotopic (exact) mass is 472 g/mol. The number of nitrogens with zero attached hydrogens (tertiary/aromatic N) is 1. The summed E-state index contributed by atoms with van der Waals surface area (Å²) in [6.45, 7) is 0.147. The van der Waals surface area contributed by atoms with Gasteiger partial charge in [-0.2, -0.15) is 0 Å². The molecule has 0 bridgehead atoms. The Bertz CT molecular complexity index is 1030. The molecule has 1 aliphatic heterocycles. The SMILES string of the molecule is O=C(NC(CC(=O)N1CCCC[C@H]1C(=O)O)C(F)F)OCC1c2ccccc2-c2ccccc21. The van der Waals surface area contributed by atoms with Crippen molar-refractivity contribution in [3.05, 3.63) is 59.7 Å². The van der Waals surface area contributed by atoms with Gasteiger partial charge in [0.2, 0.25) is 5.91 Å². The van der Waals surface area contributed by atoms with E-state index in [9.17, 15) is 28.3 Å². The van der Waals surface area contributed by atoms with Gasteiger partial charge in [0.1, 0.15) is 18.7 Å². The molecule has 4 rings (SSSR count). The lowest BCUT2D eigenvalue weighted by Gasteiger charge is -2.34. The van der Waals surface area contributed by atoms with Gasteiger partial charge in [0.15, 0.2) is 0 Å². The third-order valence-electron chi connectivity index (χ3n) is 6.45. The summed E-state index contributed by atoms with van der Waals surface area (Å²) in [5, 5.41) is 11.4. The van der Waals surface area contributed by atoms with Crippen molar-refractivity contribution < 1.29 is 33.0 Å². The van der Waals surface area contributed by atoms with E-state index in [0.29, 0.717) is 12.8 Å². The van der Waals surface area contributed by atoms with Crippen LogP contribution >= 0.6 is 0 Å². The summed E-state index contributed by atoms with van der Waals surface area (Å²) in [7, 11) is 0. The van der Waals surface area contributed by atoms with Gasteiger partial charge in [0, 0.05) is 12.5 Å². The number of rotatable bonds is 7. The zero-order chi connectivity index (χ0) is 24.2. The van der Waals surface area contributed by atoms with Crippen LogP contribution in [0.1, 0.15) is 42.7 Å². The smallest absolute Gasteiger partial charge is 0.407 e. The molecule has 0 radical (unpaired) electrons. The molecular formula is C25H26F2N2O5. The molecular weight excluding hydrogens is 446 g/mol. The van der Waals surface area contributed by atoms with E-state index >= 15 is 0 Å². The summed E-state index contributed by atoms with van der Waals surface area (Å²) in [6, 6.07) is 12.7. The fourth-order valence-corrected chi connectivity index (χ4v) is 4.79. The molecule has 2 amide bonds. The minimum absolute atomic E-state index is 0.0447. The number of alkyl carbamates (subject to hydrolysis) is 1. The summed E-state index contributed by atoms with van der Waals surface area (Å²) >= 11 is 0. The molecule has 2 aliphatic rings. The normalized spacial score (nSPS) is 18.2. The zero-order valence-electron chi connectivity index (χ0n) is 18.5. The van der Waals surface area contributed by atoms with Crippen molar-refractivity contribution in [3.8, 4) is 11.1 Å². The van der Waals surface area contributed by atoms with Crippen LogP contribution in [0.3, 0.4) is 0 Å². The molecule has 2 aromatic rings. The van der Waals surface area contributed by atoms with Crippen LogP contribution in [0, 0.1) is 0 Å². The Hall–Kier alpha value is -3.49. The number of aliphatic carboxylic acids is 1. The fourth-order valence-electron chi connectivity index (χ4n) is 4.79. The van der Waals surface area contributed by atoms with Crippen LogP contribution in [0.15, 0.2) is 48.5 Å². The molecule has 0 spiro atoms. The summed E-state index contributed by atoms with van der Waals surface area (Å²) < 4.78 is 32.5. The number of carbonyl (C=O) groups is 3. The van der Waals surface area contributed by atoms with E-state index in [0.717, 1.165) is 27.2 Å². The van der Waals surface area contributed by atoms with Crippen LogP contribution in [0.4, 0.5) is 13.6 Å². The predicted octanol–water partition coefficient (Wildman–Crippen LogP) is 4.01. The third kappa shape index (κ3) is 4.88. The average Bonchev–Trinajstić information content (AvgIpc) is 3.16. The number of fused-ring (bicyclic) bond motifs is 3. The topological polar surface area (TPSA) is 95.9 Å². The maximum atomic E-state index is 13.6. The second-order valence-corrected chi connectivity index (χ2v) is 8.55. The largest absolute Gasteiger partial charge is 0.480 e. The van der Waals surface area contributed by atoms with Crippen LogP contribution in [0.2, 0.25) is 0 Å². The number of hydrogen-bond donors (Lipinski definition) is 2. The van der Waals surface area contributed by atoms with Crippen molar-refractivity contribution in [1.82, 2.24) is 10.2 Å². The Morgan fingerprint density at radius 3 is 2.24 bits per heavy atom. The van der Waals surface area contributed by atoms with Gasteiger partial charge >= 0.3 is 12.1 Å². The number of benzene rings is 2. The van der Waals surface area contributed by atoms with E-state index in [4.69, 9.17) is 4.74 Å². The molecule has 2 atom stereocenters. The van der Waals surface area contributed by atoms with Gasteiger partial charge < -0.3 is 20.1 Å². The molecule has 180 valence electrons. The average molecular weight is 472 g/mol. The van der Waals surface area contributed by atoms with Gasteiger partial charge in [-0.15, -0.1) is 0 Å². The first-order valence-electron chi connectivity index (χ1n) is 11.3. The van der Waals surface area contributed by atoms with Crippen molar-refractivity contribution in [2.75, 3.05) is 13.2 Å².